The van der Waals surface area contributed by atoms with Gasteiger partial charge in [-0.05, 0) is 49.3 Å². The molecule has 0 aromatic carbocycles. The maximum Gasteiger partial charge on any atom is 0.169 e. The Bertz CT molecular complexity index is 451. The van der Waals surface area contributed by atoms with Gasteiger partial charge in [0.25, 0.3) is 0 Å². The van der Waals surface area contributed by atoms with Crippen molar-refractivity contribution in [2.75, 3.05) is 13.2 Å². The molecular weight excluding hydrogens is 312 g/mol. The second-order valence-electron chi connectivity index (χ2n) is 6.38. The van der Waals surface area contributed by atoms with Crippen LogP contribution in [0.2, 0.25) is 0 Å². The summed E-state index contributed by atoms with van der Waals surface area (Å²) in [6.07, 6.45) is 9.23. The third kappa shape index (κ3) is 4.67. The lowest BCUT2D eigenvalue weighted by atomic mass is 9.96. The van der Waals surface area contributed by atoms with Crippen molar-refractivity contribution < 1.29 is 4.74 Å². The summed E-state index contributed by atoms with van der Waals surface area (Å²) in [4.78, 5) is 3.68. The summed E-state index contributed by atoms with van der Waals surface area (Å²) in [5.74, 6) is 0. The van der Waals surface area contributed by atoms with Crippen LogP contribution in [-0.2, 0) is 11.3 Å². The van der Waals surface area contributed by atoms with E-state index in [-0.39, 0.29) is 0 Å². The Balaban J connectivity index is 1.59. The molecule has 5 heteroatoms. The lowest BCUT2D eigenvalue weighted by Gasteiger charge is -2.32. The van der Waals surface area contributed by atoms with Crippen LogP contribution in [0, 0.1) is 0 Å². The molecule has 3 rings (SSSR count). The summed E-state index contributed by atoms with van der Waals surface area (Å²) in [6.45, 7) is 2.72. The number of hydrogen-bond donors (Lipinski definition) is 1. The van der Waals surface area contributed by atoms with Gasteiger partial charge in [-0.1, -0.05) is 25.3 Å². The smallest absolute Gasteiger partial charge is 0.169 e. The average molecular weight is 339 g/mol. The molecule has 1 aliphatic carbocycles. The van der Waals surface area contributed by atoms with Gasteiger partial charge in [-0.2, -0.15) is 0 Å². The first-order valence-electron chi connectivity index (χ1n) is 8.50. The highest BCUT2D eigenvalue weighted by atomic mass is 32.1. The van der Waals surface area contributed by atoms with Gasteiger partial charge in [-0.15, -0.1) is 11.3 Å². The number of rotatable bonds is 5. The van der Waals surface area contributed by atoms with Crippen LogP contribution in [0.5, 0.6) is 0 Å². The van der Waals surface area contributed by atoms with Crippen LogP contribution >= 0.6 is 23.6 Å². The molecule has 0 unspecified atom stereocenters. The molecule has 1 aliphatic heterocycles. The van der Waals surface area contributed by atoms with Gasteiger partial charge >= 0.3 is 0 Å². The molecule has 1 saturated heterocycles. The number of thiophene rings is 1. The van der Waals surface area contributed by atoms with Crippen molar-refractivity contribution in [3.8, 4) is 0 Å². The van der Waals surface area contributed by atoms with Gasteiger partial charge in [0.2, 0.25) is 0 Å². The SMILES string of the molecule is S=C(NC1CCCCC1)N(Cc1cccs1)C[C@@H]1CCCO1. The van der Waals surface area contributed by atoms with Crippen LogP contribution in [-0.4, -0.2) is 35.3 Å². The fraction of sp³-hybridized carbons (Fsp3) is 0.706. The summed E-state index contributed by atoms with van der Waals surface area (Å²) in [5.41, 5.74) is 0. The number of ether oxygens (including phenoxy) is 1. The Kier molecular flexibility index (Phi) is 6.10. The zero-order valence-corrected chi connectivity index (χ0v) is 14.8. The predicted molar refractivity (Wildman–Crippen MR) is 96.3 cm³/mol. The molecule has 0 radical (unpaired) electrons. The van der Waals surface area contributed by atoms with Gasteiger partial charge in [-0.3, -0.25) is 0 Å². The van der Waals surface area contributed by atoms with E-state index in [2.05, 4.69) is 27.7 Å². The molecule has 1 aromatic heterocycles. The van der Waals surface area contributed by atoms with E-state index in [9.17, 15) is 0 Å². The molecule has 3 nitrogen and oxygen atoms in total. The third-order valence-corrected chi connectivity index (χ3v) is 5.83. The Hall–Kier alpha value is -0.650. The molecule has 2 fully saturated rings. The molecule has 0 spiro atoms. The fourth-order valence-corrected chi connectivity index (χ4v) is 4.38. The second-order valence-corrected chi connectivity index (χ2v) is 7.80. The Labute approximate surface area is 143 Å². The maximum absolute atomic E-state index is 5.82. The highest BCUT2D eigenvalue weighted by Crippen LogP contribution is 2.20. The summed E-state index contributed by atoms with van der Waals surface area (Å²) in [6, 6.07) is 4.87. The highest BCUT2D eigenvalue weighted by molar-refractivity contribution is 7.80. The van der Waals surface area contributed by atoms with E-state index in [1.54, 1.807) is 11.3 Å². The van der Waals surface area contributed by atoms with Crippen LogP contribution in [0.25, 0.3) is 0 Å². The van der Waals surface area contributed by atoms with Gasteiger partial charge < -0.3 is 15.0 Å². The Morgan fingerprint density at radius 2 is 2.14 bits per heavy atom. The first-order chi connectivity index (χ1) is 10.8. The van der Waals surface area contributed by atoms with Crippen molar-refractivity contribution in [3.63, 3.8) is 0 Å². The molecule has 2 heterocycles. The van der Waals surface area contributed by atoms with E-state index < -0.39 is 0 Å². The maximum atomic E-state index is 5.82. The summed E-state index contributed by atoms with van der Waals surface area (Å²) in [5, 5.41) is 6.66. The van der Waals surface area contributed by atoms with Crippen LogP contribution in [0.4, 0.5) is 0 Å². The Morgan fingerprint density at radius 3 is 2.82 bits per heavy atom. The number of nitrogens with one attached hydrogen (secondary N) is 1. The van der Waals surface area contributed by atoms with Crippen LogP contribution in [0.3, 0.4) is 0 Å². The molecule has 1 atom stereocenters. The van der Waals surface area contributed by atoms with Crippen LogP contribution in [0.1, 0.15) is 49.8 Å². The summed E-state index contributed by atoms with van der Waals surface area (Å²) in [7, 11) is 0. The quantitative estimate of drug-likeness (QED) is 0.822. The number of nitrogens with zero attached hydrogens (tertiary/aromatic N) is 1. The van der Waals surface area contributed by atoms with E-state index in [0.717, 1.165) is 31.2 Å². The third-order valence-electron chi connectivity index (χ3n) is 4.59. The zero-order chi connectivity index (χ0) is 15.2. The first-order valence-corrected chi connectivity index (χ1v) is 9.79. The predicted octanol–water partition coefficient (Wildman–Crippen LogP) is 3.94. The summed E-state index contributed by atoms with van der Waals surface area (Å²) < 4.78 is 5.82. The van der Waals surface area contributed by atoms with Gasteiger partial charge in [0.05, 0.1) is 12.6 Å². The van der Waals surface area contributed by atoms with E-state index in [4.69, 9.17) is 17.0 Å². The number of thiocarbonyl (C=S) groups is 1. The monoisotopic (exact) mass is 338 g/mol. The van der Waals surface area contributed by atoms with Crippen molar-refractivity contribution in [1.29, 1.82) is 0 Å². The van der Waals surface area contributed by atoms with E-state index >= 15 is 0 Å². The van der Waals surface area contributed by atoms with Crippen LogP contribution in [0.15, 0.2) is 17.5 Å². The fourth-order valence-electron chi connectivity index (χ4n) is 3.36. The zero-order valence-electron chi connectivity index (χ0n) is 13.1. The van der Waals surface area contributed by atoms with Crippen molar-refractivity contribution in [1.82, 2.24) is 10.2 Å². The lowest BCUT2D eigenvalue weighted by molar-refractivity contribution is 0.0896. The topological polar surface area (TPSA) is 24.5 Å². The highest BCUT2D eigenvalue weighted by Gasteiger charge is 2.23. The van der Waals surface area contributed by atoms with E-state index in [1.165, 1.54) is 43.4 Å². The van der Waals surface area contributed by atoms with Crippen LogP contribution < -0.4 is 5.32 Å². The second kappa shape index (κ2) is 8.27. The summed E-state index contributed by atoms with van der Waals surface area (Å²) >= 11 is 7.53. The van der Waals surface area contributed by atoms with Gasteiger partial charge in [0, 0.05) is 24.1 Å². The van der Waals surface area contributed by atoms with Gasteiger partial charge in [0.15, 0.2) is 5.11 Å². The minimum absolute atomic E-state index is 0.339. The van der Waals surface area contributed by atoms with E-state index in [1.807, 2.05) is 0 Å². The number of hydrogen-bond acceptors (Lipinski definition) is 3. The van der Waals surface area contributed by atoms with Crippen molar-refractivity contribution in [3.05, 3.63) is 22.4 Å². The standard InChI is InChI=1S/C17H26N2OS2/c21-17(18-14-6-2-1-3-7-14)19(12-15-8-4-10-20-15)13-16-9-5-11-22-16/h5,9,11,14-15H,1-4,6-8,10,12-13H2,(H,18,21)/t15-/m0/s1. The molecule has 1 saturated carbocycles. The molecule has 1 aromatic rings. The van der Waals surface area contributed by atoms with Crippen molar-refractivity contribution >= 4 is 28.7 Å². The van der Waals surface area contributed by atoms with Gasteiger partial charge in [-0.25, -0.2) is 0 Å². The first kappa shape index (κ1) is 16.2. The molecule has 0 bridgehead atoms. The van der Waals surface area contributed by atoms with E-state index in [0.29, 0.717) is 12.1 Å². The molecule has 1 N–H and O–H groups in total. The van der Waals surface area contributed by atoms with Crippen molar-refractivity contribution in [2.24, 2.45) is 0 Å². The molecular formula is C17H26N2OS2. The minimum Gasteiger partial charge on any atom is -0.376 e. The van der Waals surface area contributed by atoms with Crippen molar-refractivity contribution in [2.45, 2.75) is 63.6 Å². The molecule has 0 amide bonds. The molecule has 122 valence electrons. The molecule has 2 aliphatic rings. The Morgan fingerprint density at radius 1 is 1.27 bits per heavy atom. The largest absolute Gasteiger partial charge is 0.376 e. The minimum atomic E-state index is 0.339. The normalized spacial score (nSPS) is 22.6. The lowest BCUT2D eigenvalue weighted by Crippen LogP contribution is -2.47. The van der Waals surface area contributed by atoms with Gasteiger partial charge in [0.1, 0.15) is 0 Å². The average Bonchev–Trinajstić information content (AvgIpc) is 3.21. The molecule has 22 heavy (non-hydrogen) atoms.